The van der Waals surface area contributed by atoms with Gasteiger partial charge in [-0.3, -0.25) is 0 Å². The second-order valence-electron chi connectivity index (χ2n) is 6.70. The van der Waals surface area contributed by atoms with Crippen molar-refractivity contribution in [2.24, 2.45) is 0 Å². The maximum atomic E-state index is 12.9. The number of ether oxygens (including phenoxy) is 1. The first-order valence-corrected chi connectivity index (χ1v) is 9.16. The standard InChI is InChI=1S/C21H24F4N2O2/c1-27(12-6-10-16-7-3-2-4-8-16)20(28)26-18-11-5-9-17(13-18)14-29-15-21(24,25)19(22)23/h2-5,7-9,11,13,19H,6,10,12,14-15H2,1H3,(H,26,28). The van der Waals surface area contributed by atoms with Gasteiger partial charge in [-0.1, -0.05) is 42.5 Å². The topological polar surface area (TPSA) is 41.6 Å². The smallest absolute Gasteiger partial charge is 0.330 e. The maximum absolute atomic E-state index is 12.9. The summed E-state index contributed by atoms with van der Waals surface area (Å²) in [6, 6.07) is 16.1. The molecule has 0 spiro atoms. The highest BCUT2D eigenvalue weighted by Gasteiger charge is 2.40. The van der Waals surface area contributed by atoms with Gasteiger partial charge in [0, 0.05) is 19.3 Å². The summed E-state index contributed by atoms with van der Waals surface area (Å²) in [4.78, 5) is 13.8. The minimum Gasteiger partial charge on any atom is -0.370 e. The molecule has 0 saturated carbocycles. The van der Waals surface area contributed by atoms with Gasteiger partial charge < -0.3 is 15.0 Å². The fraction of sp³-hybridized carbons (Fsp3) is 0.381. The van der Waals surface area contributed by atoms with Crippen LogP contribution in [0.4, 0.5) is 28.0 Å². The Bertz CT molecular complexity index is 772. The molecule has 0 radical (unpaired) electrons. The van der Waals surface area contributed by atoms with Gasteiger partial charge in [0.05, 0.1) is 6.61 Å². The number of nitrogens with one attached hydrogen (secondary N) is 1. The van der Waals surface area contributed by atoms with Crippen LogP contribution in [0.5, 0.6) is 0 Å². The molecule has 0 unspecified atom stereocenters. The molecule has 158 valence electrons. The summed E-state index contributed by atoms with van der Waals surface area (Å²) in [5.74, 6) is -4.19. The van der Waals surface area contributed by atoms with E-state index in [-0.39, 0.29) is 12.6 Å². The van der Waals surface area contributed by atoms with Crippen molar-refractivity contribution in [3.63, 3.8) is 0 Å². The molecule has 0 aliphatic heterocycles. The molecule has 0 aliphatic rings. The molecule has 0 aromatic heterocycles. The fourth-order valence-corrected chi connectivity index (χ4v) is 2.59. The summed E-state index contributed by atoms with van der Waals surface area (Å²) in [7, 11) is 1.68. The number of amides is 2. The van der Waals surface area contributed by atoms with Crippen LogP contribution in [0.1, 0.15) is 17.5 Å². The molecular weight excluding hydrogens is 388 g/mol. The van der Waals surface area contributed by atoms with Gasteiger partial charge in [-0.15, -0.1) is 0 Å². The number of rotatable bonds is 10. The maximum Gasteiger partial charge on any atom is 0.330 e. The predicted octanol–water partition coefficient (Wildman–Crippen LogP) is 5.20. The molecule has 0 aliphatic carbocycles. The van der Waals surface area contributed by atoms with Gasteiger partial charge in [-0.2, -0.15) is 8.78 Å². The molecule has 0 heterocycles. The minimum absolute atomic E-state index is 0.265. The third-order valence-electron chi connectivity index (χ3n) is 4.21. The lowest BCUT2D eigenvalue weighted by molar-refractivity contribution is -0.168. The number of hydrogen-bond acceptors (Lipinski definition) is 2. The summed E-state index contributed by atoms with van der Waals surface area (Å²) >= 11 is 0. The monoisotopic (exact) mass is 412 g/mol. The van der Waals surface area contributed by atoms with Crippen LogP contribution in [-0.2, 0) is 17.8 Å². The van der Waals surface area contributed by atoms with Gasteiger partial charge >= 0.3 is 18.4 Å². The van der Waals surface area contributed by atoms with Crippen LogP contribution in [0.15, 0.2) is 54.6 Å². The molecule has 4 nitrogen and oxygen atoms in total. The molecule has 0 saturated heterocycles. The van der Waals surface area contributed by atoms with Crippen molar-refractivity contribution in [3.05, 3.63) is 65.7 Å². The number of urea groups is 1. The SMILES string of the molecule is CN(CCCc1ccccc1)C(=O)Nc1cccc(COCC(F)(F)C(F)F)c1. The average Bonchev–Trinajstić information content (AvgIpc) is 2.68. The molecule has 0 atom stereocenters. The lowest BCUT2D eigenvalue weighted by Gasteiger charge is -2.18. The van der Waals surface area contributed by atoms with Crippen molar-refractivity contribution in [3.8, 4) is 0 Å². The van der Waals surface area contributed by atoms with Crippen molar-refractivity contribution in [1.82, 2.24) is 4.90 Å². The van der Waals surface area contributed by atoms with Gasteiger partial charge in [0.15, 0.2) is 0 Å². The Kier molecular flexibility index (Phi) is 8.45. The lowest BCUT2D eigenvalue weighted by atomic mass is 10.1. The molecule has 2 aromatic rings. The first-order valence-electron chi connectivity index (χ1n) is 9.16. The van der Waals surface area contributed by atoms with Crippen LogP contribution < -0.4 is 5.32 Å². The van der Waals surface area contributed by atoms with Crippen LogP contribution in [0.3, 0.4) is 0 Å². The number of aryl methyl sites for hydroxylation is 1. The fourth-order valence-electron chi connectivity index (χ4n) is 2.59. The van der Waals surface area contributed by atoms with Gasteiger partial charge in [0.25, 0.3) is 0 Å². The van der Waals surface area contributed by atoms with E-state index >= 15 is 0 Å². The van der Waals surface area contributed by atoms with Crippen LogP contribution in [0.25, 0.3) is 0 Å². The largest absolute Gasteiger partial charge is 0.370 e. The summed E-state index contributed by atoms with van der Waals surface area (Å²) in [6.07, 6.45) is -2.11. The molecule has 1 N–H and O–H groups in total. The summed E-state index contributed by atoms with van der Waals surface area (Å²) < 4.78 is 54.7. The molecule has 2 rings (SSSR count). The Labute approximate surface area is 167 Å². The summed E-state index contributed by atoms with van der Waals surface area (Å²) in [5.41, 5.74) is 2.15. The van der Waals surface area contributed by atoms with Crippen LogP contribution in [-0.4, -0.2) is 43.5 Å². The minimum atomic E-state index is -4.19. The van der Waals surface area contributed by atoms with E-state index in [1.54, 1.807) is 36.2 Å². The number of carbonyl (C=O) groups is 1. The summed E-state index contributed by atoms with van der Waals surface area (Å²) in [5, 5.41) is 2.72. The predicted molar refractivity (Wildman–Crippen MR) is 103 cm³/mol. The zero-order valence-corrected chi connectivity index (χ0v) is 16.1. The third-order valence-corrected chi connectivity index (χ3v) is 4.21. The molecule has 2 amide bonds. The number of nitrogens with zero attached hydrogens (tertiary/aromatic N) is 1. The third kappa shape index (κ3) is 7.73. The van der Waals surface area contributed by atoms with Crippen LogP contribution in [0.2, 0.25) is 0 Å². The van der Waals surface area contributed by atoms with Crippen molar-refractivity contribution >= 4 is 11.7 Å². The Balaban J connectivity index is 1.78. The first-order chi connectivity index (χ1) is 13.8. The number of alkyl halides is 4. The van der Waals surface area contributed by atoms with E-state index in [0.29, 0.717) is 17.8 Å². The van der Waals surface area contributed by atoms with E-state index in [2.05, 4.69) is 5.32 Å². The average molecular weight is 412 g/mol. The van der Waals surface area contributed by atoms with Crippen molar-refractivity contribution in [2.45, 2.75) is 31.8 Å². The van der Waals surface area contributed by atoms with Gasteiger partial charge in [-0.25, -0.2) is 13.6 Å². The molecule has 0 fully saturated rings. The van der Waals surface area contributed by atoms with E-state index in [1.165, 1.54) is 5.56 Å². The molecular formula is C21H24F4N2O2. The summed E-state index contributed by atoms with van der Waals surface area (Å²) in [6.45, 7) is -1.07. The molecule has 0 bridgehead atoms. The number of benzene rings is 2. The van der Waals surface area contributed by atoms with E-state index in [9.17, 15) is 22.4 Å². The number of hydrogen-bond donors (Lipinski definition) is 1. The number of anilines is 1. The van der Waals surface area contributed by atoms with E-state index in [0.717, 1.165) is 12.8 Å². The van der Waals surface area contributed by atoms with Crippen molar-refractivity contribution in [1.29, 1.82) is 0 Å². The lowest BCUT2D eigenvalue weighted by Crippen LogP contribution is -2.32. The van der Waals surface area contributed by atoms with Crippen molar-refractivity contribution in [2.75, 3.05) is 25.5 Å². The van der Waals surface area contributed by atoms with E-state index in [1.807, 2.05) is 30.3 Å². The quantitative estimate of drug-likeness (QED) is 0.545. The van der Waals surface area contributed by atoms with Gasteiger partial charge in [0.1, 0.15) is 6.61 Å². The second-order valence-corrected chi connectivity index (χ2v) is 6.70. The zero-order valence-electron chi connectivity index (χ0n) is 16.1. The van der Waals surface area contributed by atoms with Crippen molar-refractivity contribution < 1.29 is 27.1 Å². The molecule has 2 aromatic carbocycles. The Morgan fingerprint density at radius 1 is 1.10 bits per heavy atom. The molecule has 29 heavy (non-hydrogen) atoms. The highest BCUT2D eigenvalue weighted by molar-refractivity contribution is 5.89. The Morgan fingerprint density at radius 3 is 2.48 bits per heavy atom. The Hall–Kier alpha value is -2.61. The van der Waals surface area contributed by atoms with E-state index in [4.69, 9.17) is 4.74 Å². The number of halogens is 4. The first kappa shape index (κ1) is 22.7. The van der Waals surface area contributed by atoms with Gasteiger partial charge in [-0.05, 0) is 36.1 Å². The van der Waals surface area contributed by atoms with Gasteiger partial charge in [0.2, 0.25) is 0 Å². The van der Waals surface area contributed by atoms with Crippen LogP contribution in [0, 0.1) is 0 Å². The number of carbonyl (C=O) groups excluding carboxylic acids is 1. The Morgan fingerprint density at radius 2 is 1.79 bits per heavy atom. The highest BCUT2D eigenvalue weighted by Crippen LogP contribution is 2.23. The second kappa shape index (κ2) is 10.8. The normalized spacial score (nSPS) is 11.5. The van der Waals surface area contributed by atoms with Crippen LogP contribution >= 0.6 is 0 Å². The highest BCUT2D eigenvalue weighted by atomic mass is 19.3. The molecule has 8 heteroatoms. The zero-order chi connectivity index (χ0) is 21.3. The van der Waals surface area contributed by atoms with E-state index < -0.39 is 19.0 Å².